The average Bonchev–Trinajstić information content (AvgIpc) is 2.78. The van der Waals surface area contributed by atoms with Gasteiger partial charge in [0.15, 0.2) is 6.61 Å². The van der Waals surface area contributed by atoms with E-state index in [1.165, 1.54) is 0 Å². The Balaban J connectivity index is 1.93. The average molecular weight is 370 g/mol. The molecule has 8 heteroatoms. The number of hydrogen-bond donors (Lipinski definition) is 2. The Morgan fingerprint density at radius 3 is 2.76 bits per heavy atom. The number of rotatable bonds is 4. The molecule has 0 radical (unpaired) electrons. The smallest absolute Gasteiger partial charge is 0.343 e. The molecular formula is C13H12BrN3O3S. The Hall–Kier alpha value is -1.93. The Morgan fingerprint density at radius 2 is 2.14 bits per heavy atom. The molecular weight excluding hydrogens is 358 g/mol. The number of para-hydroxylation sites is 1. The van der Waals surface area contributed by atoms with Gasteiger partial charge in [-0.25, -0.2) is 4.79 Å². The predicted molar refractivity (Wildman–Crippen MR) is 84.3 cm³/mol. The number of carbonyl (C=O) groups is 2. The maximum Gasteiger partial charge on any atom is 0.343 e. The number of hydrogen-bond acceptors (Lipinski definition) is 6. The Labute approximate surface area is 133 Å². The van der Waals surface area contributed by atoms with Crippen LogP contribution in [0.4, 0.5) is 10.7 Å². The summed E-state index contributed by atoms with van der Waals surface area (Å²) in [7, 11) is 0. The van der Waals surface area contributed by atoms with Gasteiger partial charge in [0.1, 0.15) is 10.6 Å². The van der Waals surface area contributed by atoms with Gasteiger partial charge in [0.25, 0.3) is 5.91 Å². The van der Waals surface area contributed by atoms with Gasteiger partial charge in [0, 0.05) is 4.47 Å². The van der Waals surface area contributed by atoms with Crippen molar-refractivity contribution >= 4 is 50.0 Å². The van der Waals surface area contributed by atoms with Crippen molar-refractivity contribution in [2.24, 2.45) is 0 Å². The van der Waals surface area contributed by atoms with E-state index >= 15 is 0 Å². The zero-order valence-corrected chi connectivity index (χ0v) is 13.5. The highest BCUT2D eigenvalue weighted by atomic mass is 79.9. The number of halogens is 1. The first-order valence-electron chi connectivity index (χ1n) is 5.92. The van der Waals surface area contributed by atoms with Gasteiger partial charge >= 0.3 is 5.97 Å². The standard InChI is InChI=1S/C13H12BrN3O3S/c1-7-11(12(15)21-17-7)13(19)20-6-10(18)16-9-5-3-2-4-8(9)14/h2-5H,6,15H2,1H3,(H,16,18). The molecule has 0 bridgehead atoms. The van der Waals surface area contributed by atoms with Gasteiger partial charge in [-0.05, 0) is 46.5 Å². The summed E-state index contributed by atoms with van der Waals surface area (Å²) in [6.07, 6.45) is 0. The molecule has 0 aliphatic carbocycles. The molecule has 0 saturated carbocycles. The number of nitrogens with one attached hydrogen (secondary N) is 1. The van der Waals surface area contributed by atoms with E-state index < -0.39 is 18.5 Å². The highest BCUT2D eigenvalue weighted by Gasteiger charge is 2.19. The molecule has 1 aromatic carbocycles. The van der Waals surface area contributed by atoms with Crippen molar-refractivity contribution < 1.29 is 14.3 Å². The van der Waals surface area contributed by atoms with E-state index in [0.29, 0.717) is 11.4 Å². The third-order valence-electron chi connectivity index (χ3n) is 2.58. The van der Waals surface area contributed by atoms with Crippen LogP contribution >= 0.6 is 27.5 Å². The van der Waals surface area contributed by atoms with Gasteiger partial charge in [0.05, 0.1) is 11.4 Å². The fraction of sp³-hybridized carbons (Fsp3) is 0.154. The lowest BCUT2D eigenvalue weighted by molar-refractivity contribution is -0.119. The van der Waals surface area contributed by atoms with Gasteiger partial charge in [-0.1, -0.05) is 12.1 Å². The molecule has 2 rings (SSSR count). The maximum absolute atomic E-state index is 11.8. The Morgan fingerprint density at radius 1 is 1.43 bits per heavy atom. The molecule has 1 aromatic heterocycles. The third kappa shape index (κ3) is 3.79. The molecule has 0 aliphatic rings. The Kier molecular flexibility index (Phi) is 4.92. The molecule has 0 saturated heterocycles. The SMILES string of the molecule is Cc1nsc(N)c1C(=O)OCC(=O)Nc1ccccc1Br. The fourth-order valence-electron chi connectivity index (χ4n) is 1.59. The van der Waals surface area contributed by atoms with Crippen molar-refractivity contribution in [3.8, 4) is 0 Å². The van der Waals surface area contributed by atoms with Crippen LogP contribution < -0.4 is 11.1 Å². The second-order valence-corrected chi connectivity index (χ2v) is 5.77. The monoisotopic (exact) mass is 369 g/mol. The van der Waals surface area contributed by atoms with Crippen LogP contribution in [0.1, 0.15) is 16.1 Å². The number of aromatic nitrogens is 1. The van der Waals surface area contributed by atoms with E-state index in [-0.39, 0.29) is 10.6 Å². The molecule has 0 unspecified atom stereocenters. The van der Waals surface area contributed by atoms with Crippen LogP contribution in [0.2, 0.25) is 0 Å². The molecule has 1 heterocycles. The quantitative estimate of drug-likeness (QED) is 0.807. The lowest BCUT2D eigenvalue weighted by atomic mass is 10.2. The first kappa shape index (κ1) is 15.5. The number of aryl methyl sites for hydroxylation is 1. The molecule has 2 aromatic rings. The zero-order valence-electron chi connectivity index (χ0n) is 11.1. The van der Waals surface area contributed by atoms with Crippen LogP contribution in [0, 0.1) is 6.92 Å². The van der Waals surface area contributed by atoms with Crippen molar-refractivity contribution in [3.05, 3.63) is 40.0 Å². The predicted octanol–water partition coefficient (Wildman–Crippen LogP) is 2.59. The van der Waals surface area contributed by atoms with Gasteiger partial charge in [-0.3, -0.25) is 4.79 Å². The van der Waals surface area contributed by atoms with E-state index in [9.17, 15) is 9.59 Å². The summed E-state index contributed by atoms with van der Waals surface area (Å²) in [6.45, 7) is 1.26. The van der Waals surface area contributed by atoms with Gasteiger partial charge in [-0.15, -0.1) is 0 Å². The van der Waals surface area contributed by atoms with Crippen LogP contribution in [-0.2, 0) is 9.53 Å². The van der Waals surface area contributed by atoms with E-state index in [2.05, 4.69) is 25.6 Å². The highest BCUT2D eigenvalue weighted by Crippen LogP contribution is 2.22. The number of carbonyl (C=O) groups excluding carboxylic acids is 2. The second-order valence-electron chi connectivity index (χ2n) is 4.11. The normalized spacial score (nSPS) is 10.2. The molecule has 21 heavy (non-hydrogen) atoms. The van der Waals surface area contributed by atoms with Crippen LogP contribution in [0.5, 0.6) is 0 Å². The van der Waals surface area contributed by atoms with Crippen molar-refractivity contribution in [3.63, 3.8) is 0 Å². The minimum absolute atomic E-state index is 0.216. The number of anilines is 2. The number of nitrogen functional groups attached to an aromatic ring is 1. The topological polar surface area (TPSA) is 94.3 Å². The van der Waals surface area contributed by atoms with Crippen LogP contribution in [-0.4, -0.2) is 22.9 Å². The first-order valence-corrected chi connectivity index (χ1v) is 7.49. The molecule has 3 N–H and O–H groups in total. The van der Waals surface area contributed by atoms with Crippen molar-refractivity contribution in [1.29, 1.82) is 0 Å². The maximum atomic E-state index is 11.8. The van der Waals surface area contributed by atoms with Gasteiger partial charge in [-0.2, -0.15) is 4.37 Å². The van der Waals surface area contributed by atoms with E-state index in [0.717, 1.165) is 16.0 Å². The minimum atomic E-state index is -0.652. The van der Waals surface area contributed by atoms with Gasteiger partial charge in [0.2, 0.25) is 0 Å². The molecule has 0 atom stereocenters. The summed E-state index contributed by atoms with van der Waals surface area (Å²) in [5.41, 5.74) is 6.95. The summed E-state index contributed by atoms with van der Waals surface area (Å²) in [5.74, 6) is -1.09. The summed E-state index contributed by atoms with van der Waals surface area (Å²) < 4.78 is 9.64. The van der Waals surface area contributed by atoms with Gasteiger partial charge < -0.3 is 15.8 Å². The molecule has 0 spiro atoms. The van der Waals surface area contributed by atoms with Crippen LogP contribution in [0.25, 0.3) is 0 Å². The number of esters is 1. The first-order chi connectivity index (χ1) is 9.99. The summed E-state index contributed by atoms with van der Waals surface area (Å²) in [6, 6.07) is 7.14. The zero-order chi connectivity index (χ0) is 15.4. The Bertz CT molecular complexity index is 668. The van der Waals surface area contributed by atoms with Crippen LogP contribution in [0.15, 0.2) is 28.7 Å². The number of ether oxygens (including phenoxy) is 1. The van der Waals surface area contributed by atoms with E-state index in [1.54, 1.807) is 25.1 Å². The second kappa shape index (κ2) is 6.68. The fourth-order valence-corrected chi connectivity index (χ4v) is 2.62. The largest absolute Gasteiger partial charge is 0.452 e. The lowest BCUT2D eigenvalue weighted by Gasteiger charge is -2.08. The number of nitrogens with zero attached hydrogens (tertiary/aromatic N) is 1. The summed E-state index contributed by atoms with van der Waals surface area (Å²) >= 11 is 4.33. The van der Waals surface area contributed by atoms with Crippen molar-refractivity contribution in [1.82, 2.24) is 4.37 Å². The third-order valence-corrected chi connectivity index (χ3v) is 4.03. The summed E-state index contributed by atoms with van der Waals surface area (Å²) in [4.78, 5) is 23.6. The van der Waals surface area contributed by atoms with E-state index in [4.69, 9.17) is 10.5 Å². The minimum Gasteiger partial charge on any atom is -0.452 e. The number of nitrogens with two attached hydrogens (primary N) is 1. The molecule has 0 fully saturated rings. The molecule has 1 amide bonds. The summed E-state index contributed by atoms with van der Waals surface area (Å²) in [5, 5.41) is 2.91. The van der Waals surface area contributed by atoms with Crippen LogP contribution in [0.3, 0.4) is 0 Å². The molecule has 6 nitrogen and oxygen atoms in total. The number of benzene rings is 1. The molecule has 110 valence electrons. The number of amides is 1. The van der Waals surface area contributed by atoms with Crippen molar-refractivity contribution in [2.45, 2.75) is 6.92 Å². The van der Waals surface area contributed by atoms with Crippen molar-refractivity contribution in [2.75, 3.05) is 17.7 Å². The van der Waals surface area contributed by atoms with E-state index in [1.807, 2.05) is 6.07 Å². The lowest BCUT2D eigenvalue weighted by Crippen LogP contribution is -2.21. The highest BCUT2D eigenvalue weighted by molar-refractivity contribution is 9.10. The molecule has 0 aliphatic heterocycles.